The fourth-order valence-electron chi connectivity index (χ4n) is 3.08. The van der Waals surface area contributed by atoms with Crippen molar-refractivity contribution in [1.29, 1.82) is 0 Å². The number of aryl methyl sites for hydroxylation is 1. The number of carbonyl (C=O) groups excluding carboxylic acids is 1. The fourth-order valence-corrected chi connectivity index (χ4v) is 3.29. The van der Waals surface area contributed by atoms with Crippen molar-refractivity contribution in [3.63, 3.8) is 0 Å². The van der Waals surface area contributed by atoms with Crippen LogP contribution in [0.1, 0.15) is 43.0 Å². The van der Waals surface area contributed by atoms with Gasteiger partial charge in [-0.1, -0.05) is 43.9 Å². The van der Waals surface area contributed by atoms with Crippen LogP contribution in [-0.4, -0.2) is 22.0 Å². The quantitative estimate of drug-likeness (QED) is 0.469. The van der Waals surface area contributed by atoms with Gasteiger partial charge in [0.05, 0.1) is 27.3 Å². The average Bonchev–Trinajstić information content (AvgIpc) is 2.99. The zero-order valence-electron chi connectivity index (χ0n) is 16.4. The van der Waals surface area contributed by atoms with Crippen LogP contribution >= 0.6 is 11.6 Å². The molecule has 5 nitrogen and oxygen atoms in total. The van der Waals surface area contributed by atoms with E-state index >= 15 is 0 Å². The summed E-state index contributed by atoms with van der Waals surface area (Å²) in [4.78, 5) is 16.7. The van der Waals surface area contributed by atoms with E-state index in [1.807, 2.05) is 0 Å². The second kappa shape index (κ2) is 9.22. The Morgan fingerprint density at radius 1 is 1.17 bits per heavy atom. The van der Waals surface area contributed by atoms with Gasteiger partial charge < -0.3 is 15.2 Å². The molecule has 3 rings (SSSR count). The first-order valence-corrected chi connectivity index (χ1v) is 9.95. The molecule has 29 heavy (non-hydrogen) atoms. The Bertz CT molecular complexity index is 1010. The van der Waals surface area contributed by atoms with Crippen LogP contribution in [0.3, 0.4) is 0 Å². The predicted molar refractivity (Wildman–Crippen MR) is 112 cm³/mol. The van der Waals surface area contributed by atoms with Crippen molar-refractivity contribution in [2.45, 2.75) is 32.6 Å². The molecule has 0 radical (unpaired) electrons. The molecule has 1 aromatic heterocycles. The van der Waals surface area contributed by atoms with Crippen LogP contribution in [-0.2, 0) is 7.05 Å². The van der Waals surface area contributed by atoms with Gasteiger partial charge in [0.25, 0.3) is 5.91 Å². The lowest BCUT2D eigenvalue weighted by molar-refractivity contribution is 0.0949. The number of unbranched alkanes of at least 4 members (excludes halogenated alkanes) is 3. The van der Waals surface area contributed by atoms with Crippen LogP contribution in [0.15, 0.2) is 30.3 Å². The molecule has 1 heterocycles. The molecule has 0 aliphatic heterocycles. The number of hydrogen-bond donors (Lipinski definition) is 2. The minimum atomic E-state index is -0.637. The first kappa shape index (κ1) is 21.0. The van der Waals surface area contributed by atoms with Crippen LogP contribution in [0.25, 0.3) is 11.0 Å². The number of para-hydroxylation sites is 1. The van der Waals surface area contributed by atoms with Crippen LogP contribution in [0.4, 0.5) is 20.4 Å². The monoisotopic (exact) mass is 420 g/mol. The minimum Gasteiger partial charge on any atom is -0.352 e. The van der Waals surface area contributed by atoms with Crippen LogP contribution in [0.5, 0.6) is 0 Å². The first-order chi connectivity index (χ1) is 13.9. The second-order valence-electron chi connectivity index (χ2n) is 6.85. The van der Waals surface area contributed by atoms with Gasteiger partial charge in [-0.25, -0.2) is 13.8 Å². The van der Waals surface area contributed by atoms with Gasteiger partial charge in [-0.2, -0.15) is 0 Å². The third-order valence-electron chi connectivity index (χ3n) is 4.73. The van der Waals surface area contributed by atoms with Gasteiger partial charge in [0.15, 0.2) is 0 Å². The molecule has 0 unspecified atom stereocenters. The molecular weight excluding hydrogens is 398 g/mol. The van der Waals surface area contributed by atoms with Crippen molar-refractivity contribution in [3.05, 3.63) is 52.6 Å². The Morgan fingerprint density at radius 2 is 1.97 bits per heavy atom. The number of fused-ring (bicyclic) bond motifs is 1. The number of benzene rings is 2. The van der Waals surface area contributed by atoms with Crippen molar-refractivity contribution in [2.24, 2.45) is 7.05 Å². The standard InChI is InChI=1S/C21H23ClF2N4O/c1-3-4-5-6-10-25-20(29)13-11-17-18(12-16(13)24)28(2)21(26-17)27-19-14(22)8-7-9-15(19)23/h7-9,11-12H,3-6,10H2,1-2H3,(H,25,29)(H,26,27). The lowest BCUT2D eigenvalue weighted by atomic mass is 10.1. The summed E-state index contributed by atoms with van der Waals surface area (Å²) in [6.07, 6.45) is 4.08. The zero-order valence-corrected chi connectivity index (χ0v) is 17.1. The highest BCUT2D eigenvalue weighted by Crippen LogP contribution is 2.29. The lowest BCUT2D eigenvalue weighted by Gasteiger charge is -2.09. The van der Waals surface area contributed by atoms with Crippen molar-refractivity contribution in [3.8, 4) is 0 Å². The maximum atomic E-state index is 14.5. The fraction of sp³-hybridized carbons (Fsp3) is 0.333. The maximum Gasteiger partial charge on any atom is 0.254 e. The third-order valence-corrected chi connectivity index (χ3v) is 5.04. The highest BCUT2D eigenvalue weighted by molar-refractivity contribution is 6.33. The smallest absolute Gasteiger partial charge is 0.254 e. The molecule has 0 aliphatic carbocycles. The summed E-state index contributed by atoms with van der Waals surface area (Å²) in [7, 11) is 1.67. The van der Waals surface area contributed by atoms with E-state index in [0.29, 0.717) is 17.6 Å². The maximum absolute atomic E-state index is 14.5. The van der Waals surface area contributed by atoms with E-state index in [1.165, 1.54) is 24.3 Å². The summed E-state index contributed by atoms with van der Waals surface area (Å²) >= 11 is 6.05. The van der Waals surface area contributed by atoms with Gasteiger partial charge in [-0.15, -0.1) is 0 Å². The van der Waals surface area contributed by atoms with E-state index in [0.717, 1.165) is 25.7 Å². The summed E-state index contributed by atoms with van der Waals surface area (Å²) in [6.45, 7) is 2.61. The van der Waals surface area contributed by atoms with Gasteiger partial charge in [0, 0.05) is 19.7 Å². The largest absolute Gasteiger partial charge is 0.352 e. The number of aromatic nitrogens is 2. The Balaban J connectivity index is 1.84. The summed E-state index contributed by atoms with van der Waals surface area (Å²) in [5.74, 6) is -1.36. The molecule has 1 amide bonds. The number of nitrogens with zero attached hydrogens (tertiary/aromatic N) is 2. The molecule has 0 spiro atoms. The highest BCUT2D eigenvalue weighted by atomic mass is 35.5. The van der Waals surface area contributed by atoms with Crippen molar-refractivity contribution >= 4 is 40.2 Å². The van der Waals surface area contributed by atoms with Crippen molar-refractivity contribution in [1.82, 2.24) is 14.9 Å². The number of hydrogen-bond acceptors (Lipinski definition) is 3. The SMILES string of the molecule is CCCCCCNC(=O)c1cc2nc(Nc3c(F)cccc3Cl)n(C)c2cc1F. The Labute approximate surface area is 173 Å². The predicted octanol–water partition coefficient (Wildman–Crippen LogP) is 5.56. The summed E-state index contributed by atoms with van der Waals surface area (Å²) in [5.41, 5.74) is 0.900. The molecule has 2 aromatic carbocycles. The molecular formula is C21H23ClF2N4O. The summed E-state index contributed by atoms with van der Waals surface area (Å²) < 4.78 is 30.2. The number of nitrogens with one attached hydrogen (secondary N) is 2. The van der Waals surface area contributed by atoms with Gasteiger partial charge in [0.1, 0.15) is 11.6 Å². The number of carbonyl (C=O) groups is 1. The van der Waals surface area contributed by atoms with Crippen molar-refractivity contribution in [2.75, 3.05) is 11.9 Å². The number of rotatable bonds is 8. The van der Waals surface area contributed by atoms with E-state index in [-0.39, 0.29) is 22.2 Å². The number of halogens is 3. The van der Waals surface area contributed by atoms with Gasteiger partial charge in [-0.3, -0.25) is 4.79 Å². The van der Waals surface area contributed by atoms with E-state index in [4.69, 9.17) is 11.6 Å². The van der Waals surface area contributed by atoms with E-state index in [1.54, 1.807) is 17.7 Å². The van der Waals surface area contributed by atoms with E-state index < -0.39 is 17.5 Å². The third kappa shape index (κ3) is 4.67. The highest BCUT2D eigenvalue weighted by Gasteiger charge is 2.18. The first-order valence-electron chi connectivity index (χ1n) is 9.57. The van der Waals surface area contributed by atoms with Gasteiger partial charge in [-0.05, 0) is 24.6 Å². The molecule has 2 N–H and O–H groups in total. The average molecular weight is 421 g/mol. The van der Waals surface area contributed by atoms with E-state index in [9.17, 15) is 13.6 Å². The van der Waals surface area contributed by atoms with Gasteiger partial charge in [0.2, 0.25) is 5.95 Å². The molecule has 3 aromatic rings. The Kier molecular flexibility index (Phi) is 6.69. The lowest BCUT2D eigenvalue weighted by Crippen LogP contribution is -2.25. The van der Waals surface area contributed by atoms with Crippen LogP contribution in [0.2, 0.25) is 5.02 Å². The molecule has 154 valence electrons. The van der Waals surface area contributed by atoms with Crippen LogP contribution in [0, 0.1) is 11.6 Å². The van der Waals surface area contributed by atoms with Gasteiger partial charge >= 0.3 is 0 Å². The molecule has 0 aliphatic rings. The number of imidazole rings is 1. The molecule has 0 saturated heterocycles. The second-order valence-corrected chi connectivity index (χ2v) is 7.26. The molecule has 0 saturated carbocycles. The van der Waals surface area contributed by atoms with E-state index in [2.05, 4.69) is 22.5 Å². The van der Waals surface area contributed by atoms with Crippen molar-refractivity contribution < 1.29 is 13.6 Å². The molecule has 0 atom stereocenters. The molecule has 0 bridgehead atoms. The number of anilines is 2. The topological polar surface area (TPSA) is 59.0 Å². The zero-order chi connectivity index (χ0) is 21.0. The summed E-state index contributed by atoms with van der Waals surface area (Å²) in [6, 6.07) is 6.99. The summed E-state index contributed by atoms with van der Waals surface area (Å²) in [5, 5.41) is 5.79. The minimum absolute atomic E-state index is 0.0680. The Hall–Kier alpha value is -2.67. The molecule has 0 fully saturated rings. The normalized spacial score (nSPS) is 11.1. The number of amides is 1. The Morgan fingerprint density at radius 3 is 2.69 bits per heavy atom. The molecule has 8 heteroatoms. The van der Waals surface area contributed by atoms with Crippen LogP contribution < -0.4 is 10.6 Å².